The highest BCUT2D eigenvalue weighted by Gasteiger charge is 2.26. The minimum Gasteiger partial charge on any atom is -0.381 e. The molecule has 3 nitrogen and oxygen atoms in total. The van der Waals surface area contributed by atoms with Gasteiger partial charge in [-0.1, -0.05) is 17.7 Å². The van der Waals surface area contributed by atoms with E-state index in [1.807, 2.05) is 19.1 Å². The van der Waals surface area contributed by atoms with Crippen molar-refractivity contribution in [3.63, 3.8) is 0 Å². The maximum absolute atomic E-state index is 12.2. The molecule has 2 rings (SSSR count). The van der Waals surface area contributed by atoms with Crippen molar-refractivity contribution in [1.82, 2.24) is 0 Å². The number of rotatable bonds is 3. The van der Waals surface area contributed by atoms with Crippen LogP contribution >= 0.6 is 0 Å². The van der Waals surface area contributed by atoms with Gasteiger partial charge in [0.15, 0.2) is 0 Å². The van der Waals surface area contributed by atoms with Crippen LogP contribution in [-0.2, 0) is 9.53 Å². The molecule has 0 radical (unpaired) electrons. The lowest BCUT2D eigenvalue weighted by atomic mass is 9.86. The first kappa shape index (κ1) is 14.1. The fourth-order valence-corrected chi connectivity index (χ4v) is 2.75. The summed E-state index contributed by atoms with van der Waals surface area (Å²) < 4.78 is 5.34. The third-order valence-corrected chi connectivity index (χ3v) is 4.02. The highest BCUT2D eigenvalue weighted by molar-refractivity contribution is 5.93. The molecule has 0 unspecified atom stereocenters. The number of nitrogens with one attached hydrogen (secondary N) is 1. The molecule has 1 fully saturated rings. The van der Waals surface area contributed by atoms with Crippen LogP contribution in [0.3, 0.4) is 0 Å². The topological polar surface area (TPSA) is 38.3 Å². The number of amides is 1. The average Bonchev–Trinajstić information content (AvgIpc) is 2.42. The van der Waals surface area contributed by atoms with Gasteiger partial charge in [0.05, 0.1) is 6.10 Å². The van der Waals surface area contributed by atoms with Crippen LogP contribution < -0.4 is 5.32 Å². The Hall–Kier alpha value is -1.35. The first-order valence-electron chi connectivity index (χ1n) is 7.01. The van der Waals surface area contributed by atoms with Crippen LogP contribution in [0.15, 0.2) is 18.2 Å². The lowest BCUT2D eigenvalue weighted by Crippen LogP contribution is -2.29. The molecule has 0 aliphatic heterocycles. The number of ether oxygens (including phenoxy) is 1. The van der Waals surface area contributed by atoms with Crippen molar-refractivity contribution in [2.45, 2.75) is 45.6 Å². The van der Waals surface area contributed by atoms with Crippen molar-refractivity contribution >= 4 is 11.6 Å². The third kappa shape index (κ3) is 3.57. The highest BCUT2D eigenvalue weighted by atomic mass is 16.5. The maximum Gasteiger partial charge on any atom is 0.227 e. The van der Waals surface area contributed by atoms with Gasteiger partial charge in [-0.2, -0.15) is 0 Å². The van der Waals surface area contributed by atoms with Crippen molar-refractivity contribution in [3.05, 3.63) is 29.3 Å². The molecule has 1 aliphatic carbocycles. The van der Waals surface area contributed by atoms with Gasteiger partial charge in [0.2, 0.25) is 5.91 Å². The zero-order valence-corrected chi connectivity index (χ0v) is 12.0. The van der Waals surface area contributed by atoms with E-state index in [1.54, 1.807) is 7.11 Å². The number of carbonyl (C=O) groups excluding carboxylic acids is 1. The third-order valence-electron chi connectivity index (χ3n) is 4.02. The van der Waals surface area contributed by atoms with E-state index in [9.17, 15) is 4.79 Å². The summed E-state index contributed by atoms with van der Waals surface area (Å²) in [5.74, 6) is 0.286. The Morgan fingerprint density at radius 2 is 1.89 bits per heavy atom. The van der Waals surface area contributed by atoms with E-state index in [0.29, 0.717) is 6.10 Å². The van der Waals surface area contributed by atoms with Gasteiger partial charge < -0.3 is 10.1 Å². The largest absolute Gasteiger partial charge is 0.381 e. The molecule has 1 N–H and O–H groups in total. The van der Waals surface area contributed by atoms with Gasteiger partial charge >= 0.3 is 0 Å². The van der Waals surface area contributed by atoms with Crippen LogP contribution in [0, 0.1) is 19.8 Å². The molecule has 0 heterocycles. The highest BCUT2D eigenvalue weighted by Crippen LogP contribution is 2.27. The first-order chi connectivity index (χ1) is 9.10. The van der Waals surface area contributed by atoms with E-state index < -0.39 is 0 Å². The van der Waals surface area contributed by atoms with Gasteiger partial charge in [-0.25, -0.2) is 0 Å². The summed E-state index contributed by atoms with van der Waals surface area (Å²) in [7, 11) is 1.75. The Kier molecular flexibility index (Phi) is 4.59. The summed E-state index contributed by atoms with van der Waals surface area (Å²) in [6.07, 6.45) is 4.16. The predicted octanol–water partition coefficient (Wildman–Crippen LogP) is 3.45. The second kappa shape index (κ2) is 6.20. The zero-order valence-electron chi connectivity index (χ0n) is 12.0. The van der Waals surface area contributed by atoms with E-state index in [4.69, 9.17) is 4.74 Å². The molecule has 1 amide bonds. The lowest BCUT2D eigenvalue weighted by Gasteiger charge is -2.26. The van der Waals surface area contributed by atoms with Crippen LogP contribution in [-0.4, -0.2) is 19.1 Å². The van der Waals surface area contributed by atoms with Crippen molar-refractivity contribution in [2.24, 2.45) is 5.92 Å². The zero-order chi connectivity index (χ0) is 13.8. The Bertz CT molecular complexity index is 448. The van der Waals surface area contributed by atoms with Gasteiger partial charge in [-0.15, -0.1) is 0 Å². The first-order valence-corrected chi connectivity index (χ1v) is 7.01. The maximum atomic E-state index is 12.2. The fraction of sp³-hybridized carbons (Fsp3) is 0.562. The van der Waals surface area contributed by atoms with Gasteiger partial charge in [0.25, 0.3) is 0 Å². The Morgan fingerprint density at radius 3 is 2.47 bits per heavy atom. The van der Waals surface area contributed by atoms with E-state index >= 15 is 0 Å². The van der Waals surface area contributed by atoms with Crippen molar-refractivity contribution in [1.29, 1.82) is 0 Å². The van der Waals surface area contributed by atoms with Gasteiger partial charge in [-0.3, -0.25) is 4.79 Å². The lowest BCUT2D eigenvalue weighted by molar-refractivity contribution is -0.121. The van der Waals surface area contributed by atoms with Crippen LogP contribution in [0.4, 0.5) is 5.69 Å². The van der Waals surface area contributed by atoms with Gasteiger partial charge in [0.1, 0.15) is 0 Å². The van der Waals surface area contributed by atoms with Crippen molar-refractivity contribution in [2.75, 3.05) is 12.4 Å². The molecule has 0 bridgehead atoms. The smallest absolute Gasteiger partial charge is 0.227 e. The summed E-state index contributed by atoms with van der Waals surface area (Å²) >= 11 is 0. The molecule has 0 atom stereocenters. The molecule has 1 aliphatic rings. The molecule has 0 spiro atoms. The standard InChI is InChI=1S/C16H23NO2/c1-11-4-9-15(12(2)10-11)17-16(18)13-5-7-14(19-3)8-6-13/h4,9-10,13-14H,5-8H2,1-3H3,(H,17,18). The van der Waals surface area contributed by atoms with Crippen LogP contribution in [0.1, 0.15) is 36.8 Å². The Balaban J connectivity index is 1.94. The fourth-order valence-electron chi connectivity index (χ4n) is 2.75. The van der Waals surface area contributed by atoms with E-state index in [1.165, 1.54) is 5.56 Å². The predicted molar refractivity (Wildman–Crippen MR) is 77.3 cm³/mol. The molecule has 104 valence electrons. The summed E-state index contributed by atoms with van der Waals surface area (Å²) in [4.78, 5) is 12.2. The molecule has 19 heavy (non-hydrogen) atoms. The molecular formula is C16H23NO2. The molecular weight excluding hydrogens is 238 g/mol. The van der Waals surface area contributed by atoms with E-state index in [0.717, 1.165) is 36.9 Å². The quantitative estimate of drug-likeness (QED) is 0.905. The second-order valence-corrected chi connectivity index (χ2v) is 5.52. The number of hydrogen-bond acceptors (Lipinski definition) is 2. The Morgan fingerprint density at radius 1 is 1.21 bits per heavy atom. The number of benzene rings is 1. The average molecular weight is 261 g/mol. The summed E-state index contributed by atoms with van der Waals surface area (Å²) in [6, 6.07) is 6.12. The monoisotopic (exact) mass is 261 g/mol. The number of carbonyl (C=O) groups is 1. The Labute approximate surface area is 115 Å². The van der Waals surface area contributed by atoms with Crippen molar-refractivity contribution < 1.29 is 9.53 Å². The summed E-state index contributed by atoms with van der Waals surface area (Å²) in [5, 5.41) is 3.06. The molecule has 0 aromatic heterocycles. The second-order valence-electron chi connectivity index (χ2n) is 5.52. The van der Waals surface area contributed by atoms with Crippen LogP contribution in [0.25, 0.3) is 0 Å². The molecule has 3 heteroatoms. The minimum absolute atomic E-state index is 0.132. The van der Waals surface area contributed by atoms with Crippen molar-refractivity contribution in [3.8, 4) is 0 Å². The number of methoxy groups -OCH3 is 1. The van der Waals surface area contributed by atoms with E-state index in [2.05, 4.69) is 18.3 Å². The van der Waals surface area contributed by atoms with Gasteiger partial charge in [0, 0.05) is 18.7 Å². The number of hydrogen-bond donors (Lipinski definition) is 1. The SMILES string of the molecule is COC1CCC(C(=O)Nc2ccc(C)cc2C)CC1. The summed E-state index contributed by atoms with van der Waals surface area (Å²) in [6.45, 7) is 4.09. The number of anilines is 1. The molecule has 1 aromatic rings. The van der Waals surface area contributed by atoms with E-state index in [-0.39, 0.29) is 11.8 Å². The molecule has 1 aromatic carbocycles. The summed E-state index contributed by atoms with van der Waals surface area (Å²) in [5.41, 5.74) is 3.28. The van der Waals surface area contributed by atoms with Crippen LogP contribution in [0.2, 0.25) is 0 Å². The van der Waals surface area contributed by atoms with Crippen LogP contribution in [0.5, 0.6) is 0 Å². The molecule has 1 saturated carbocycles. The normalized spacial score (nSPS) is 23.1. The minimum atomic E-state index is 0.132. The molecule has 0 saturated heterocycles. The number of aryl methyl sites for hydroxylation is 2. The van der Waals surface area contributed by atoms with Gasteiger partial charge in [-0.05, 0) is 51.2 Å².